The van der Waals surface area contributed by atoms with E-state index in [0.717, 1.165) is 9.86 Å². The third-order valence-electron chi connectivity index (χ3n) is 5.37. The number of aromatic nitrogens is 2. The van der Waals surface area contributed by atoms with Crippen LogP contribution >= 0.6 is 15.9 Å². The van der Waals surface area contributed by atoms with Gasteiger partial charge in [0.05, 0.1) is 29.6 Å². The number of carbonyl (C=O) groups excluding carboxylic acids is 1. The Morgan fingerprint density at radius 1 is 1.11 bits per heavy atom. The van der Waals surface area contributed by atoms with Gasteiger partial charge in [0, 0.05) is 10.0 Å². The van der Waals surface area contributed by atoms with E-state index in [0.29, 0.717) is 39.3 Å². The summed E-state index contributed by atoms with van der Waals surface area (Å²) in [7, 11) is 1.58. The Morgan fingerprint density at radius 2 is 1.94 bits per heavy atom. The molecule has 36 heavy (non-hydrogen) atoms. The van der Waals surface area contributed by atoms with Gasteiger partial charge in [-0.15, -0.1) is 0 Å². The Morgan fingerprint density at radius 3 is 2.75 bits per heavy atom. The molecule has 3 aromatic carbocycles. The maximum absolute atomic E-state index is 13.5. The topological polar surface area (TPSA) is 122 Å². The molecule has 10 heteroatoms. The van der Waals surface area contributed by atoms with Crippen LogP contribution in [0.3, 0.4) is 0 Å². The number of hydrogen-bond acceptors (Lipinski definition) is 7. The molecule has 2 N–H and O–H groups in total. The van der Waals surface area contributed by atoms with Crippen LogP contribution in [-0.2, 0) is 4.79 Å². The monoisotopic (exact) mass is 546 g/mol. The molecule has 0 saturated heterocycles. The maximum Gasteiger partial charge on any atom is 0.282 e. The number of carbonyl (C=O) groups is 1. The Hall–Kier alpha value is -4.44. The fourth-order valence-corrected chi connectivity index (χ4v) is 4.11. The molecule has 1 amide bonds. The van der Waals surface area contributed by atoms with Crippen molar-refractivity contribution in [1.29, 1.82) is 0 Å². The highest BCUT2D eigenvalue weighted by atomic mass is 79.9. The average molecular weight is 547 g/mol. The number of hydrogen-bond donors (Lipinski definition) is 1. The zero-order valence-electron chi connectivity index (χ0n) is 19.0. The minimum absolute atomic E-state index is 0.211. The number of methoxy groups -OCH3 is 1. The third kappa shape index (κ3) is 4.46. The molecule has 0 unspecified atom stereocenters. The van der Waals surface area contributed by atoms with Gasteiger partial charge in [-0.25, -0.2) is 4.98 Å². The highest BCUT2D eigenvalue weighted by molar-refractivity contribution is 9.10. The summed E-state index contributed by atoms with van der Waals surface area (Å²) in [6.07, 6.45) is 1.45. The van der Waals surface area contributed by atoms with Crippen LogP contribution in [0.1, 0.15) is 5.56 Å². The molecule has 0 spiro atoms. The first-order chi connectivity index (χ1) is 17.4. The fraction of sp³-hybridized carbons (Fsp3) is 0.0769. The largest absolute Gasteiger partial charge is 0.496 e. The van der Waals surface area contributed by atoms with Crippen LogP contribution in [0.2, 0.25) is 0 Å². The molecule has 0 saturated carbocycles. The number of furan rings is 1. The molecule has 180 valence electrons. The predicted molar refractivity (Wildman–Crippen MR) is 140 cm³/mol. The van der Waals surface area contributed by atoms with Crippen LogP contribution in [0.5, 0.6) is 11.5 Å². The summed E-state index contributed by atoms with van der Waals surface area (Å²) in [6, 6.07) is 19.4. The summed E-state index contributed by atoms with van der Waals surface area (Å²) < 4.78 is 18.9. The van der Waals surface area contributed by atoms with Crippen molar-refractivity contribution in [3.05, 3.63) is 87.1 Å². The van der Waals surface area contributed by atoms with Crippen LogP contribution in [0, 0.1) is 0 Å². The van der Waals surface area contributed by atoms with Crippen LogP contribution < -0.4 is 20.8 Å². The van der Waals surface area contributed by atoms with Crippen molar-refractivity contribution in [2.75, 3.05) is 13.7 Å². The lowest BCUT2D eigenvalue weighted by molar-refractivity contribution is -0.119. The summed E-state index contributed by atoms with van der Waals surface area (Å²) in [4.78, 5) is 29.4. The molecule has 0 bridgehead atoms. The van der Waals surface area contributed by atoms with E-state index in [2.05, 4.69) is 26.0 Å². The lowest BCUT2D eigenvalue weighted by atomic mass is 10.2. The van der Waals surface area contributed by atoms with E-state index in [9.17, 15) is 9.59 Å². The summed E-state index contributed by atoms with van der Waals surface area (Å²) >= 11 is 3.42. The second-order valence-electron chi connectivity index (χ2n) is 7.73. The molecule has 5 aromatic rings. The average Bonchev–Trinajstić information content (AvgIpc) is 3.32. The van der Waals surface area contributed by atoms with E-state index in [1.807, 2.05) is 12.1 Å². The zero-order valence-corrected chi connectivity index (χ0v) is 20.6. The predicted octanol–water partition coefficient (Wildman–Crippen LogP) is 4.33. The van der Waals surface area contributed by atoms with E-state index in [1.165, 1.54) is 10.9 Å². The molecule has 9 nitrogen and oxygen atoms in total. The summed E-state index contributed by atoms with van der Waals surface area (Å²) in [5.74, 6) is 0.943. The molecule has 0 radical (unpaired) electrons. The maximum atomic E-state index is 13.5. The lowest BCUT2D eigenvalue weighted by Gasteiger charge is -2.09. The standard InChI is InChI=1S/C26H19BrN4O5/c1-34-21-7-4-8-22-18(21)12-23(36-22)25-30-19-6-3-2-5-17(19)26(33)31(25)29-13-15-11-16(27)9-10-20(15)35-14-24(28)32/h2-13H,14H2,1H3,(H2,28,32). The Kier molecular flexibility index (Phi) is 6.26. The number of benzene rings is 3. The quantitative estimate of drug-likeness (QED) is 0.303. The molecule has 2 aromatic heterocycles. The molecular formula is C26H19BrN4O5. The number of rotatable bonds is 7. The van der Waals surface area contributed by atoms with Gasteiger partial charge in [0.25, 0.3) is 11.5 Å². The molecule has 0 aliphatic rings. The highest BCUT2D eigenvalue weighted by Gasteiger charge is 2.18. The van der Waals surface area contributed by atoms with Crippen molar-refractivity contribution in [2.45, 2.75) is 0 Å². The number of primary amides is 1. The fourth-order valence-electron chi connectivity index (χ4n) is 3.73. The third-order valence-corrected chi connectivity index (χ3v) is 5.86. The summed E-state index contributed by atoms with van der Waals surface area (Å²) in [6.45, 7) is -0.300. The van der Waals surface area contributed by atoms with E-state index in [1.54, 1.807) is 61.7 Å². The number of nitrogens with two attached hydrogens (primary N) is 1. The minimum Gasteiger partial charge on any atom is -0.496 e. The van der Waals surface area contributed by atoms with Gasteiger partial charge in [-0.2, -0.15) is 9.78 Å². The lowest BCUT2D eigenvalue weighted by Crippen LogP contribution is -2.21. The van der Waals surface area contributed by atoms with Gasteiger partial charge in [-0.1, -0.05) is 34.1 Å². The molecule has 0 atom stereocenters. The number of fused-ring (bicyclic) bond motifs is 2. The Labute approximate surface area is 212 Å². The van der Waals surface area contributed by atoms with Crippen molar-refractivity contribution in [3.8, 4) is 23.1 Å². The van der Waals surface area contributed by atoms with Gasteiger partial charge in [-0.3, -0.25) is 9.59 Å². The second-order valence-corrected chi connectivity index (χ2v) is 8.65. The minimum atomic E-state index is -0.613. The summed E-state index contributed by atoms with van der Waals surface area (Å²) in [5, 5.41) is 5.59. The highest BCUT2D eigenvalue weighted by Crippen LogP contribution is 2.33. The number of amides is 1. The van der Waals surface area contributed by atoms with Crippen LogP contribution in [0.15, 0.2) is 85.5 Å². The molecule has 0 fully saturated rings. The smallest absolute Gasteiger partial charge is 0.282 e. The molecule has 0 aliphatic heterocycles. The van der Waals surface area contributed by atoms with Crippen molar-refractivity contribution in [3.63, 3.8) is 0 Å². The van der Waals surface area contributed by atoms with Crippen molar-refractivity contribution in [2.24, 2.45) is 10.8 Å². The number of ether oxygens (including phenoxy) is 2. The van der Waals surface area contributed by atoms with E-state index < -0.39 is 5.91 Å². The molecular weight excluding hydrogens is 528 g/mol. The summed E-state index contributed by atoms with van der Waals surface area (Å²) in [5.41, 5.74) is 6.43. The number of para-hydroxylation sites is 1. The number of halogens is 1. The van der Waals surface area contributed by atoms with Crippen molar-refractivity contribution >= 4 is 49.9 Å². The first kappa shape index (κ1) is 23.3. The first-order valence-electron chi connectivity index (χ1n) is 10.8. The van der Waals surface area contributed by atoms with E-state index in [-0.39, 0.29) is 18.0 Å². The van der Waals surface area contributed by atoms with Crippen LogP contribution in [-0.4, -0.2) is 35.5 Å². The normalized spacial score (nSPS) is 11.4. The van der Waals surface area contributed by atoms with Crippen LogP contribution in [0.4, 0.5) is 0 Å². The van der Waals surface area contributed by atoms with Crippen molar-refractivity contribution < 1.29 is 18.7 Å². The Balaban J connectivity index is 1.69. The molecule has 5 rings (SSSR count). The van der Waals surface area contributed by atoms with E-state index in [4.69, 9.17) is 19.6 Å². The van der Waals surface area contributed by atoms with Gasteiger partial charge < -0.3 is 19.6 Å². The SMILES string of the molecule is COc1cccc2oc(-c3nc4ccccc4c(=O)n3N=Cc3cc(Br)ccc3OCC(N)=O)cc12. The van der Waals surface area contributed by atoms with Crippen molar-refractivity contribution in [1.82, 2.24) is 9.66 Å². The second kappa shape index (κ2) is 9.67. The van der Waals surface area contributed by atoms with Crippen LogP contribution in [0.25, 0.3) is 33.5 Å². The van der Waals surface area contributed by atoms with Gasteiger partial charge in [0.1, 0.15) is 17.1 Å². The molecule has 2 heterocycles. The van der Waals surface area contributed by atoms with Gasteiger partial charge >= 0.3 is 0 Å². The van der Waals surface area contributed by atoms with Gasteiger partial charge in [0.2, 0.25) is 5.82 Å². The molecule has 0 aliphatic carbocycles. The van der Waals surface area contributed by atoms with Gasteiger partial charge in [0.15, 0.2) is 12.4 Å². The zero-order chi connectivity index (χ0) is 25.2. The Bertz CT molecular complexity index is 1710. The number of nitrogens with zero attached hydrogens (tertiary/aromatic N) is 3. The van der Waals surface area contributed by atoms with E-state index >= 15 is 0 Å². The first-order valence-corrected chi connectivity index (χ1v) is 11.6. The van der Waals surface area contributed by atoms with Gasteiger partial charge in [-0.05, 0) is 48.5 Å².